The van der Waals surface area contributed by atoms with Gasteiger partial charge >= 0.3 is 0 Å². The Bertz CT molecular complexity index is 810. The molecule has 0 spiro atoms. The zero-order valence-electron chi connectivity index (χ0n) is 14.6. The van der Waals surface area contributed by atoms with Crippen molar-refractivity contribution < 1.29 is 23.8 Å². The molecule has 0 aromatic heterocycles. The third-order valence-corrected chi connectivity index (χ3v) is 3.66. The molecular weight excluding hydrogens is 360 g/mol. The van der Waals surface area contributed by atoms with Crippen molar-refractivity contribution in [2.24, 2.45) is 0 Å². The summed E-state index contributed by atoms with van der Waals surface area (Å²) >= 11 is 5.90. The smallest absolute Gasteiger partial charge is 0.273 e. The van der Waals surface area contributed by atoms with E-state index in [1.54, 1.807) is 24.3 Å². The summed E-state index contributed by atoms with van der Waals surface area (Å²) in [4.78, 5) is 24.5. The second kappa shape index (κ2) is 8.96. The van der Waals surface area contributed by atoms with Crippen LogP contribution in [0.5, 0.6) is 17.2 Å². The molecule has 0 aliphatic heterocycles. The van der Waals surface area contributed by atoms with E-state index in [0.717, 1.165) is 0 Å². The number of nitrogens with one attached hydrogen (secondary N) is 2. The number of hydrogen-bond donors (Lipinski definition) is 2. The van der Waals surface area contributed by atoms with Crippen LogP contribution in [0.15, 0.2) is 36.4 Å². The van der Waals surface area contributed by atoms with Gasteiger partial charge in [0.2, 0.25) is 0 Å². The van der Waals surface area contributed by atoms with Crippen molar-refractivity contribution in [1.82, 2.24) is 10.9 Å². The van der Waals surface area contributed by atoms with Crippen LogP contribution in [0.2, 0.25) is 5.02 Å². The largest absolute Gasteiger partial charge is 0.496 e. The highest BCUT2D eigenvalue weighted by Gasteiger charge is 2.15. The van der Waals surface area contributed by atoms with E-state index in [2.05, 4.69) is 10.9 Å². The van der Waals surface area contributed by atoms with Gasteiger partial charge in [0.25, 0.3) is 11.8 Å². The molecule has 0 bridgehead atoms. The van der Waals surface area contributed by atoms with Gasteiger partial charge in [-0.15, -0.1) is 0 Å². The van der Waals surface area contributed by atoms with Crippen LogP contribution in [0.25, 0.3) is 0 Å². The molecule has 0 aliphatic carbocycles. The summed E-state index contributed by atoms with van der Waals surface area (Å²) in [5.74, 6) is 0.210. The summed E-state index contributed by atoms with van der Waals surface area (Å²) in [7, 11) is 2.91. The number of halogens is 1. The topological polar surface area (TPSA) is 85.9 Å². The van der Waals surface area contributed by atoms with Crippen LogP contribution in [0.3, 0.4) is 0 Å². The Morgan fingerprint density at radius 1 is 0.923 bits per heavy atom. The van der Waals surface area contributed by atoms with Crippen molar-refractivity contribution in [1.29, 1.82) is 0 Å². The maximum Gasteiger partial charge on any atom is 0.273 e. The van der Waals surface area contributed by atoms with Gasteiger partial charge in [-0.05, 0) is 43.3 Å². The molecule has 26 heavy (non-hydrogen) atoms. The van der Waals surface area contributed by atoms with E-state index in [0.29, 0.717) is 34.4 Å². The van der Waals surface area contributed by atoms with Crippen molar-refractivity contribution in [2.45, 2.75) is 6.92 Å². The molecule has 7 nitrogen and oxygen atoms in total. The maximum atomic E-state index is 12.3. The third-order valence-electron chi connectivity index (χ3n) is 3.42. The molecule has 2 aromatic carbocycles. The average Bonchev–Trinajstić information content (AvgIpc) is 2.66. The molecule has 2 amide bonds. The van der Waals surface area contributed by atoms with Crippen LogP contribution in [0.1, 0.15) is 27.6 Å². The molecular formula is C18H19ClN2O5. The summed E-state index contributed by atoms with van der Waals surface area (Å²) in [6.07, 6.45) is 0. The quantitative estimate of drug-likeness (QED) is 0.755. The minimum absolute atomic E-state index is 0.199. The van der Waals surface area contributed by atoms with Crippen molar-refractivity contribution >= 4 is 23.4 Å². The zero-order valence-corrected chi connectivity index (χ0v) is 15.3. The Kier molecular flexibility index (Phi) is 6.68. The number of amides is 2. The summed E-state index contributed by atoms with van der Waals surface area (Å²) in [5.41, 5.74) is 5.16. The minimum Gasteiger partial charge on any atom is -0.496 e. The normalized spacial score (nSPS) is 10.0. The summed E-state index contributed by atoms with van der Waals surface area (Å²) in [5, 5.41) is 0.374. The first-order chi connectivity index (χ1) is 12.5. The minimum atomic E-state index is -0.560. The SMILES string of the molecule is CCOc1ccc(C(=O)NNC(=O)c2cc(Cl)ccc2OC)cc1OC. The van der Waals surface area contributed by atoms with E-state index in [1.165, 1.54) is 26.4 Å². The first-order valence-electron chi connectivity index (χ1n) is 7.75. The van der Waals surface area contributed by atoms with Gasteiger partial charge in [0.05, 0.1) is 26.4 Å². The fraction of sp³-hybridized carbons (Fsp3) is 0.222. The van der Waals surface area contributed by atoms with Crippen molar-refractivity contribution in [3.8, 4) is 17.2 Å². The van der Waals surface area contributed by atoms with E-state index in [4.69, 9.17) is 25.8 Å². The van der Waals surface area contributed by atoms with Crippen LogP contribution in [-0.4, -0.2) is 32.6 Å². The molecule has 0 unspecified atom stereocenters. The van der Waals surface area contributed by atoms with E-state index >= 15 is 0 Å². The van der Waals surface area contributed by atoms with Crippen LogP contribution in [0, 0.1) is 0 Å². The molecule has 0 radical (unpaired) electrons. The van der Waals surface area contributed by atoms with E-state index in [-0.39, 0.29) is 5.56 Å². The maximum absolute atomic E-state index is 12.3. The predicted molar refractivity (Wildman–Crippen MR) is 97.1 cm³/mol. The molecule has 138 valence electrons. The summed E-state index contributed by atoms with van der Waals surface area (Å²) in [6.45, 7) is 2.32. The predicted octanol–water partition coefficient (Wildman–Crippen LogP) is 2.83. The van der Waals surface area contributed by atoms with Crippen molar-refractivity contribution in [3.05, 3.63) is 52.5 Å². The van der Waals surface area contributed by atoms with Gasteiger partial charge in [-0.25, -0.2) is 0 Å². The Hall–Kier alpha value is -2.93. The van der Waals surface area contributed by atoms with Gasteiger partial charge < -0.3 is 14.2 Å². The van der Waals surface area contributed by atoms with Crippen LogP contribution >= 0.6 is 11.6 Å². The van der Waals surface area contributed by atoms with Crippen LogP contribution in [-0.2, 0) is 0 Å². The van der Waals surface area contributed by atoms with Crippen LogP contribution < -0.4 is 25.1 Å². The summed E-state index contributed by atoms with van der Waals surface area (Å²) in [6, 6.07) is 9.32. The number of methoxy groups -OCH3 is 2. The molecule has 0 aliphatic rings. The van der Waals surface area contributed by atoms with Gasteiger partial charge in [-0.1, -0.05) is 11.6 Å². The number of carbonyl (C=O) groups excluding carboxylic acids is 2. The number of rotatable bonds is 6. The van der Waals surface area contributed by atoms with E-state index < -0.39 is 11.8 Å². The number of hydrazine groups is 1. The number of ether oxygens (including phenoxy) is 3. The molecule has 0 saturated carbocycles. The lowest BCUT2D eigenvalue weighted by Gasteiger charge is -2.12. The Balaban J connectivity index is 2.09. The fourth-order valence-electron chi connectivity index (χ4n) is 2.19. The highest BCUT2D eigenvalue weighted by molar-refractivity contribution is 6.31. The van der Waals surface area contributed by atoms with E-state index in [9.17, 15) is 9.59 Å². The lowest BCUT2D eigenvalue weighted by molar-refractivity contribution is 0.0844. The fourth-order valence-corrected chi connectivity index (χ4v) is 2.37. The molecule has 0 saturated heterocycles. The highest BCUT2D eigenvalue weighted by atomic mass is 35.5. The number of benzene rings is 2. The average molecular weight is 379 g/mol. The molecule has 0 fully saturated rings. The Morgan fingerprint density at radius 2 is 1.58 bits per heavy atom. The first-order valence-corrected chi connectivity index (χ1v) is 8.13. The molecule has 0 heterocycles. The number of carbonyl (C=O) groups is 2. The highest BCUT2D eigenvalue weighted by Crippen LogP contribution is 2.28. The van der Waals surface area contributed by atoms with Gasteiger partial charge in [-0.2, -0.15) is 0 Å². The first kappa shape index (κ1) is 19.4. The molecule has 2 N–H and O–H groups in total. The number of hydrogen-bond acceptors (Lipinski definition) is 5. The second-order valence-corrected chi connectivity index (χ2v) is 5.49. The van der Waals surface area contributed by atoms with Crippen LogP contribution in [0.4, 0.5) is 0 Å². The van der Waals surface area contributed by atoms with Gasteiger partial charge in [0.15, 0.2) is 11.5 Å². The Labute approximate surface area is 156 Å². The van der Waals surface area contributed by atoms with Gasteiger partial charge in [0.1, 0.15) is 5.75 Å². The lowest BCUT2D eigenvalue weighted by atomic mass is 10.2. The standard InChI is InChI=1S/C18H19ClN2O5/c1-4-26-15-7-5-11(9-16(15)25-3)17(22)20-21-18(23)13-10-12(19)6-8-14(13)24-2/h5-10H,4H2,1-3H3,(H,20,22)(H,21,23). The van der Waals surface area contributed by atoms with E-state index in [1.807, 2.05) is 6.92 Å². The van der Waals surface area contributed by atoms with Crippen molar-refractivity contribution in [2.75, 3.05) is 20.8 Å². The molecule has 2 aromatic rings. The lowest BCUT2D eigenvalue weighted by Crippen LogP contribution is -2.41. The Morgan fingerprint density at radius 3 is 2.23 bits per heavy atom. The molecule has 0 atom stereocenters. The second-order valence-electron chi connectivity index (χ2n) is 5.05. The zero-order chi connectivity index (χ0) is 19.1. The van der Waals surface area contributed by atoms with Crippen molar-refractivity contribution in [3.63, 3.8) is 0 Å². The van der Waals surface area contributed by atoms with Gasteiger partial charge in [-0.3, -0.25) is 20.4 Å². The molecule has 2 rings (SSSR count). The monoisotopic (exact) mass is 378 g/mol. The van der Waals surface area contributed by atoms with Gasteiger partial charge in [0, 0.05) is 10.6 Å². The third kappa shape index (κ3) is 4.58. The molecule has 8 heteroatoms. The summed E-state index contributed by atoms with van der Waals surface area (Å²) < 4.78 is 15.7.